The minimum atomic E-state index is -4.42. The second-order valence-corrected chi connectivity index (χ2v) is 7.61. The zero-order valence-electron chi connectivity index (χ0n) is 18.3. The Kier molecular flexibility index (Phi) is 6.51. The van der Waals surface area contributed by atoms with Gasteiger partial charge in [-0.05, 0) is 69.8 Å². The highest BCUT2D eigenvalue weighted by Crippen LogP contribution is 2.38. The number of halogens is 3. The van der Waals surface area contributed by atoms with Gasteiger partial charge in [-0.3, -0.25) is 0 Å². The molecule has 5 heteroatoms. The molecule has 0 spiro atoms. The summed E-state index contributed by atoms with van der Waals surface area (Å²) in [5.41, 5.74) is 4.64. The number of rotatable bonds is 5. The van der Waals surface area contributed by atoms with Crippen LogP contribution in [0.4, 0.5) is 13.2 Å². The molecule has 168 valence electrons. The first-order valence-electron chi connectivity index (χ1n) is 10.5. The molecule has 4 aromatic carbocycles. The van der Waals surface area contributed by atoms with Crippen molar-refractivity contribution in [3.63, 3.8) is 0 Å². The van der Waals surface area contributed by atoms with E-state index in [4.69, 9.17) is 4.74 Å². The number of hydrogen-bond acceptors (Lipinski definition) is 2. The molecule has 0 aliphatic rings. The van der Waals surface area contributed by atoms with Gasteiger partial charge in [0.05, 0.1) is 24.3 Å². The summed E-state index contributed by atoms with van der Waals surface area (Å²) in [6, 6.07) is 31.6. The van der Waals surface area contributed by atoms with E-state index in [1.165, 1.54) is 12.1 Å². The number of ether oxygens (including phenoxy) is 1. The molecule has 0 aliphatic carbocycles. The predicted octanol–water partition coefficient (Wildman–Crippen LogP) is 7.59. The predicted molar refractivity (Wildman–Crippen MR) is 127 cm³/mol. The molecule has 0 amide bonds. The average molecular weight is 455 g/mol. The fourth-order valence-electron chi connectivity index (χ4n) is 3.81. The van der Waals surface area contributed by atoms with Crippen LogP contribution in [0.25, 0.3) is 11.1 Å². The first-order valence-corrected chi connectivity index (χ1v) is 10.5. The van der Waals surface area contributed by atoms with Gasteiger partial charge >= 0.3 is 6.18 Å². The molecule has 2 nitrogen and oxygen atoms in total. The van der Waals surface area contributed by atoms with Crippen molar-refractivity contribution in [2.24, 2.45) is 0 Å². The van der Waals surface area contributed by atoms with Gasteiger partial charge in [0.15, 0.2) is 0 Å². The van der Waals surface area contributed by atoms with Crippen LogP contribution in [-0.4, -0.2) is 7.11 Å². The maximum Gasteiger partial charge on any atom is 0.416 e. The molecule has 0 saturated carbocycles. The second-order valence-electron chi connectivity index (χ2n) is 7.61. The van der Waals surface area contributed by atoms with Gasteiger partial charge in [-0.2, -0.15) is 18.4 Å². The zero-order chi connectivity index (χ0) is 24.1. The molecule has 0 bridgehead atoms. The standard InChI is InChI=1S/C29H20F3NO/c1-34-26-17-13-24(14-18-26)28(23-11-15-25(16-12-23)29(30,31)32)27(21-5-3-2-4-6-21)22-9-7-20(19-33)8-10-22/h2-18H,1H3/b28-27+. The average Bonchev–Trinajstić information content (AvgIpc) is 2.87. The highest BCUT2D eigenvalue weighted by Gasteiger charge is 2.30. The van der Waals surface area contributed by atoms with Gasteiger partial charge in [-0.15, -0.1) is 0 Å². The third kappa shape index (κ3) is 4.87. The minimum Gasteiger partial charge on any atom is -0.497 e. The third-order valence-corrected chi connectivity index (χ3v) is 5.49. The van der Waals surface area contributed by atoms with Crippen molar-refractivity contribution in [1.82, 2.24) is 0 Å². The van der Waals surface area contributed by atoms with E-state index < -0.39 is 11.7 Å². The lowest BCUT2D eigenvalue weighted by Gasteiger charge is -2.19. The van der Waals surface area contributed by atoms with Crippen LogP contribution in [0.1, 0.15) is 33.4 Å². The Hall–Kier alpha value is -4.30. The van der Waals surface area contributed by atoms with Crippen molar-refractivity contribution in [2.75, 3.05) is 7.11 Å². The molecule has 0 N–H and O–H groups in total. The van der Waals surface area contributed by atoms with E-state index >= 15 is 0 Å². The number of nitriles is 1. The van der Waals surface area contributed by atoms with Gasteiger partial charge in [-0.25, -0.2) is 0 Å². The SMILES string of the molecule is COc1ccc(/C(=C(\c2ccccc2)c2ccc(C#N)cc2)c2ccc(C(F)(F)F)cc2)cc1. The molecule has 4 rings (SSSR count). The summed E-state index contributed by atoms with van der Waals surface area (Å²) >= 11 is 0. The highest BCUT2D eigenvalue weighted by molar-refractivity contribution is 6.04. The maximum atomic E-state index is 13.2. The lowest BCUT2D eigenvalue weighted by molar-refractivity contribution is -0.137. The molecule has 4 aromatic rings. The Morgan fingerprint density at radius 3 is 1.53 bits per heavy atom. The van der Waals surface area contributed by atoms with Crippen LogP contribution in [0.5, 0.6) is 5.75 Å². The summed E-state index contributed by atoms with van der Waals surface area (Å²) in [5.74, 6) is 0.676. The van der Waals surface area contributed by atoms with Crippen LogP contribution in [0.2, 0.25) is 0 Å². The van der Waals surface area contributed by atoms with Gasteiger partial charge in [0, 0.05) is 0 Å². The number of alkyl halides is 3. The van der Waals surface area contributed by atoms with E-state index in [1.807, 2.05) is 66.7 Å². The van der Waals surface area contributed by atoms with Crippen molar-refractivity contribution >= 4 is 11.1 Å². The smallest absolute Gasteiger partial charge is 0.416 e. The fraction of sp³-hybridized carbons (Fsp3) is 0.0690. The number of methoxy groups -OCH3 is 1. The largest absolute Gasteiger partial charge is 0.497 e. The van der Waals surface area contributed by atoms with Gasteiger partial charge in [-0.1, -0.05) is 66.7 Å². The molecule has 0 aromatic heterocycles. The van der Waals surface area contributed by atoms with Crippen LogP contribution in [0.15, 0.2) is 103 Å². The molecule has 0 atom stereocenters. The summed E-state index contributed by atoms with van der Waals surface area (Å²) in [5, 5.41) is 9.22. The van der Waals surface area contributed by atoms with Gasteiger partial charge in [0.25, 0.3) is 0 Å². The summed E-state index contributed by atoms with van der Waals surface area (Å²) < 4.78 is 45.0. The number of benzene rings is 4. The quantitative estimate of drug-likeness (QED) is 0.290. The van der Waals surface area contributed by atoms with E-state index in [0.29, 0.717) is 16.9 Å². The van der Waals surface area contributed by atoms with E-state index in [1.54, 1.807) is 19.2 Å². The minimum absolute atomic E-state index is 0.525. The Bertz CT molecular complexity index is 1330. The molecule has 34 heavy (non-hydrogen) atoms. The van der Waals surface area contributed by atoms with Gasteiger partial charge in [0.1, 0.15) is 5.75 Å². The van der Waals surface area contributed by atoms with E-state index in [2.05, 4.69) is 6.07 Å². The molecular weight excluding hydrogens is 435 g/mol. The lowest BCUT2D eigenvalue weighted by Crippen LogP contribution is -2.05. The molecule has 0 radical (unpaired) electrons. The van der Waals surface area contributed by atoms with Gasteiger partial charge < -0.3 is 4.74 Å². The third-order valence-electron chi connectivity index (χ3n) is 5.49. The first-order chi connectivity index (χ1) is 16.4. The van der Waals surface area contributed by atoms with Crippen LogP contribution in [-0.2, 0) is 6.18 Å². The Balaban J connectivity index is 2.03. The van der Waals surface area contributed by atoms with Crippen LogP contribution in [0.3, 0.4) is 0 Å². The van der Waals surface area contributed by atoms with Crippen LogP contribution < -0.4 is 4.74 Å². The zero-order valence-corrected chi connectivity index (χ0v) is 18.3. The van der Waals surface area contributed by atoms with Crippen molar-refractivity contribution in [3.8, 4) is 11.8 Å². The molecule has 0 saturated heterocycles. The van der Waals surface area contributed by atoms with Crippen molar-refractivity contribution in [3.05, 3.63) is 137 Å². The summed E-state index contributed by atoms with van der Waals surface area (Å²) in [7, 11) is 1.58. The van der Waals surface area contributed by atoms with E-state index in [0.717, 1.165) is 40.0 Å². The van der Waals surface area contributed by atoms with Crippen LogP contribution in [0, 0.1) is 11.3 Å². The lowest BCUT2D eigenvalue weighted by atomic mass is 9.85. The number of hydrogen-bond donors (Lipinski definition) is 0. The maximum absolute atomic E-state index is 13.2. The Morgan fingerprint density at radius 1 is 0.647 bits per heavy atom. The van der Waals surface area contributed by atoms with E-state index in [-0.39, 0.29) is 0 Å². The van der Waals surface area contributed by atoms with Crippen molar-refractivity contribution in [1.29, 1.82) is 5.26 Å². The highest BCUT2D eigenvalue weighted by atomic mass is 19.4. The molecule has 0 heterocycles. The summed E-state index contributed by atoms with van der Waals surface area (Å²) in [4.78, 5) is 0. The fourth-order valence-corrected chi connectivity index (χ4v) is 3.81. The molecular formula is C29H20F3NO. The van der Waals surface area contributed by atoms with Crippen molar-refractivity contribution in [2.45, 2.75) is 6.18 Å². The Labute approximate surface area is 196 Å². The summed E-state index contributed by atoms with van der Waals surface area (Å²) in [6.07, 6.45) is -4.42. The normalized spacial score (nSPS) is 12.0. The monoisotopic (exact) mass is 455 g/mol. The van der Waals surface area contributed by atoms with Crippen LogP contribution >= 0.6 is 0 Å². The molecule has 0 fully saturated rings. The molecule has 0 unspecified atom stereocenters. The molecule has 0 aliphatic heterocycles. The van der Waals surface area contributed by atoms with Gasteiger partial charge in [0.2, 0.25) is 0 Å². The Morgan fingerprint density at radius 2 is 1.09 bits per heavy atom. The summed E-state index contributed by atoms with van der Waals surface area (Å²) in [6.45, 7) is 0. The second kappa shape index (κ2) is 9.68. The topological polar surface area (TPSA) is 33.0 Å². The van der Waals surface area contributed by atoms with Crippen molar-refractivity contribution < 1.29 is 17.9 Å². The first kappa shape index (κ1) is 22.9. The van der Waals surface area contributed by atoms with E-state index in [9.17, 15) is 18.4 Å². The number of nitrogens with zero attached hydrogens (tertiary/aromatic N) is 1.